The number of nitrogens with zero attached hydrogens (tertiary/aromatic N) is 1. The Labute approximate surface area is 161 Å². The van der Waals surface area contributed by atoms with E-state index in [0.717, 1.165) is 12.0 Å². The van der Waals surface area contributed by atoms with Gasteiger partial charge in [-0.2, -0.15) is 0 Å². The fourth-order valence-electron chi connectivity index (χ4n) is 2.88. The van der Waals surface area contributed by atoms with Crippen molar-refractivity contribution in [2.45, 2.75) is 25.5 Å². The Kier molecular flexibility index (Phi) is 6.01. The Bertz CT molecular complexity index is 799. The quantitative estimate of drug-likeness (QED) is 0.817. The number of hydrogen-bond donors (Lipinski definition) is 1. The monoisotopic (exact) mass is 392 g/mol. The van der Waals surface area contributed by atoms with Crippen LogP contribution in [0.2, 0.25) is 10.0 Å². The summed E-state index contributed by atoms with van der Waals surface area (Å²) in [5.74, 6) is -0.302. The molecule has 2 aromatic carbocycles. The molecule has 1 saturated heterocycles. The molecule has 7 heteroatoms. The maximum absolute atomic E-state index is 12.6. The lowest BCUT2D eigenvalue weighted by Gasteiger charge is -2.23. The standard InChI is InChI=1S/C19H18Cl2N2O3/c20-14-8-4-9-15(17(14)21)22-18(24)16-10-5-11-23(16)19(25)26-12-13-6-2-1-3-7-13/h1-4,6-9,16H,5,10-12H2,(H,22,24). The number of hydrogen-bond acceptors (Lipinski definition) is 3. The Balaban J connectivity index is 1.62. The number of ether oxygens (including phenoxy) is 1. The minimum atomic E-state index is -0.590. The Hall–Kier alpha value is -2.24. The normalized spacial score (nSPS) is 16.4. The maximum atomic E-state index is 12.6. The van der Waals surface area contributed by atoms with Crippen LogP contribution in [0, 0.1) is 0 Å². The van der Waals surface area contributed by atoms with Gasteiger partial charge in [0.05, 0.1) is 15.7 Å². The first-order valence-electron chi connectivity index (χ1n) is 8.28. The zero-order valence-corrected chi connectivity index (χ0v) is 15.5. The molecule has 0 bridgehead atoms. The summed E-state index contributed by atoms with van der Waals surface area (Å²) in [5, 5.41) is 3.38. The Morgan fingerprint density at radius 3 is 2.65 bits per heavy atom. The molecule has 0 aliphatic carbocycles. The molecule has 1 fully saturated rings. The van der Waals surface area contributed by atoms with Crippen LogP contribution in [0.15, 0.2) is 48.5 Å². The van der Waals surface area contributed by atoms with E-state index >= 15 is 0 Å². The molecule has 0 spiro atoms. The maximum Gasteiger partial charge on any atom is 0.410 e. The molecule has 1 unspecified atom stereocenters. The smallest absolute Gasteiger partial charge is 0.410 e. The van der Waals surface area contributed by atoms with Crippen LogP contribution in [-0.4, -0.2) is 29.5 Å². The molecular weight excluding hydrogens is 375 g/mol. The lowest BCUT2D eigenvalue weighted by atomic mass is 10.2. The number of carbonyl (C=O) groups excluding carboxylic acids is 2. The molecule has 2 amide bonds. The van der Waals surface area contributed by atoms with Crippen LogP contribution in [0.5, 0.6) is 0 Å². The molecular formula is C19H18Cl2N2O3. The first-order chi connectivity index (χ1) is 12.6. The molecule has 1 aliphatic rings. The van der Waals surface area contributed by atoms with Crippen molar-refractivity contribution in [3.05, 3.63) is 64.1 Å². The van der Waals surface area contributed by atoms with Crippen LogP contribution in [0.4, 0.5) is 10.5 Å². The van der Waals surface area contributed by atoms with Crippen LogP contribution in [0.25, 0.3) is 0 Å². The largest absolute Gasteiger partial charge is 0.445 e. The third kappa shape index (κ3) is 4.29. The fourth-order valence-corrected chi connectivity index (χ4v) is 3.22. The van der Waals surface area contributed by atoms with Gasteiger partial charge >= 0.3 is 6.09 Å². The number of carbonyl (C=O) groups is 2. The minimum Gasteiger partial charge on any atom is -0.445 e. The summed E-state index contributed by atoms with van der Waals surface area (Å²) in [4.78, 5) is 26.4. The molecule has 5 nitrogen and oxygen atoms in total. The van der Waals surface area contributed by atoms with E-state index in [9.17, 15) is 9.59 Å². The molecule has 26 heavy (non-hydrogen) atoms. The van der Waals surface area contributed by atoms with Crippen molar-refractivity contribution in [3.63, 3.8) is 0 Å². The highest BCUT2D eigenvalue weighted by atomic mass is 35.5. The summed E-state index contributed by atoms with van der Waals surface area (Å²) < 4.78 is 5.35. The van der Waals surface area contributed by atoms with Gasteiger partial charge in [-0.3, -0.25) is 9.69 Å². The third-order valence-corrected chi connectivity index (χ3v) is 5.02. The van der Waals surface area contributed by atoms with Gasteiger partial charge in [0.15, 0.2) is 0 Å². The van der Waals surface area contributed by atoms with Crippen LogP contribution in [-0.2, 0) is 16.1 Å². The van der Waals surface area contributed by atoms with Crippen molar-refractivity contribution in [2.75, 3.05) is 11.9 Å². The third-order valence-electron chi connectivity index (χ3n) is 4.20. The number of benzene rings is 2. The first kappa shape index (κ1) is 18.5. The predicted octanol–water partition coefficient (Wildman–Crippen LogP) is 4.73. The number of rotatable bonds is 4. The molecule has 0 radical (unpaired) electrons. The van der Waals surface area contributed by atoms with E-state index in [1.54, 1.807) is 18.2 Å². The van der Waals surface area contributed by atoms with E-state index in [2.05, 4.69) is 5.32 Å². The van der Waals surface area contributed by atoms with Gasteiger partial charge < -0.3 is 10.1 Å². The van der Waals surface area contributed by atoms with Crippen molar-refractivity contribution in [3.8, 4) is 0 Å². The number of amides is 2. The van der Waals surface area contributed by atoms with Gasteiger partial charge in [0.2, 0.25) is 5.91 Å². The second-order valence-electron chi connectivity index (χ2n) is 5.98. The Morgan fingerprint density at radius 1 is 1.12 bits per heavy atom. The number of nitrogens with one attached hydrogen (secondary N) is 1. The average molecular weight is 393 g/mol. The van der Waals surface area contributed by atoms with E-state index < -0.39 is 12.1 Å². The predicted molar refractivity (Wildman–Crippen MR) is 101 cm³/mol. The molecule has 1 N–H and O–H groups in total. The van der Waals surface area contributed by atoms with Gasteiger partial charge in [0.1, 0.15) is 12.6 Å². The number of anilines is 1. The van der Waals surface area contributed by atoms with E-state index in [0.29, 0.717) is 23.7 Å². The highest BCUT2D eigenvalue weighted by molar-refractivity contribution is 6.44. The number of likely N-dealkylation sites (tertiary alicyclic amines) is 1. The zero-order valence-electron chi connectivity index (χ0n) is 14.0. The van der Waals surface area contributed by atoms with E-state index in [-0.39, 0.29) is 17.5 Å². The molecule has 1 aliphatic heterocycles. The van der Waals surface area contributed by atoms with Gasteiger partial charge in [-0.1, -0.05) is 59.6 Å². The molecule has 1 heterocycles. The van der Waals surface area contributed by atoms with Gasteiger partial charge in [-0.15, -0.1) is 0 Å². The summed E-state index contributed by atoms with van der Waals surface area (Å²) in [6, 6.07) is 13.8. The van der Waals surface area contributed by atoms with Crippen LogP contribution >= 0.6 is 23.2 Å². The molecule has 136 valence electrons. The van der Waals surface area contributed by atoms with Crippen molar-refractivity contribution in [1.82, 2.24) is 4.90 Å². The van der Waals surface area contributed by atoms with Gasteiger partial charge in [0, 0.05) is 6.54 Å². The van der Waals surface area contributed by atoms with Crippen LogP contribution in [0.1, 0.15) is 18.4 Å². The zero-order chi connectivity index (χ0) is 18.5. The topological polar surface area (TPSA) is 58.6 Å². The summed E-state index contributed by atoms with van der Waals surface area (Å²) in [7, 11) is 0. The minimum absolute atomic E-state index is 0.171. The summed E-state index contributed by atoms with van der Waals surface area (Å²) in [6.45, 7) is 0.652. The molecule has 0 saturated carbocycles. The molecule has 2 aromatic rings. The molecule has 3 rings (SSSR count). The fraction of sp³-hybridized carbons (Fsp3) is 0.263. The van der Waals surface area contributed by atoms with Crippen molar-refractivity contribution in [1.29, 1.82) is 0 Å². The van der Waals surface area contributed by atoms with Gasteiger partial charge in [0.25, 0.3) is 0 Å². The van der Waals surface area contributed by atoms with Gasteiger partial charge in [-0.25, -0.2) is 4.79 Å². The highest BCUT2D eigenvalue weighted by Crippen LogP contribution is 2.30. The van der Waals surface area contributed by atoms with E-state index in [1.807, 2.05) is 30.3 Å². The Morgan fingerprint density at radius 2 is 1.88 bits per heavy atom. The van der Waals surface area contributed by atoms with Crippen molar-refractivity contribution >= 4 is 40.9 Å². The summed E-state index contributed by atoms with van der Waals surface area (Å²) >= 11 is 12.1. The average Bonchev–Trinajstić information content (AvgIpc) is 3.14. The van der Waals surface area contributed by atoms with Crippen molar-refractivity contribution < 1.29 is 14.3 Å². The summed E-state index contributed by atoms with van der Waals surface area (Å²) in [6.07, 6.45) is 0.815. The first-order valence-corrected chi connectivity index (χ1v) is 9.04. The van der Waals surface area contributed by atoms with Crippen LogP contribution < -0.4 is 5.32 Å². The molecule has 1 atom stereocenters. The van der Waals surface area contributed by atoms with Gasteiger partial charge in [-0.05, 0) is 30.5 Å². The second-order valence-corrected chi connectivity index (χ2v) is 6.77. The van der Waals surface area contributed by atoms with Crippen LogP contribution in [0.3, 0.4) is 0 Å². The molecule has 0 aromatic heterocycles. The van der Waals surface area contributed by atoms with Crippen molar-refractivity contribution in [2.24, 2.45) is 0 Å². The van der Waals surface area contributed by atoms with E-state index in [1.165, 1.54) is 4.90 Å². The summed E-state index contributed by atoms with van der Waals surface area (Å²) in [5.41, 5.74) is 1.32. The van der Waals surface area contributed by atoms with E-state index in [4.69, 9.17) is 27.9 Å². The SMILES string of the molecule is O=C(Nc1cccc(Cl)c1Cl)C1CCCN1C(=O)OCc1ccccc1. The number of halogens is 2. The second kappa shape index (κ2) is 8.43. The highest BCUT2D eigenvalue weighted by Gasteiger charge is 2.35. The lowest BCUT2D eigenvalue weighted by Crippen LogP contribution is -2.43. The lowest BCUT2D eigenvalue weighted by molar-refractivity contribution is -0.120.